The first-order valence-electron chi connectivity index (χ1n) is 5.47. The van der Waals surface area contributed by atoms with Gasteiger partial charge in [0.15, 0.2) is 0 Å². The summed E-state index contributed by atoms with van der Waals surface area (Å²) in [6, 6.07) is 0.457. The summed E-state index contributed by atoms with van der Waals surface area (Å²) in [7, 11) is 0. The van der Waals surface area contributed by atoms with Gasteiger partial charge in [0.25, 0.3) is 0 Å². The van der Waals surface area contributed by atoms with Gasteiger partial charge in [-0.25, -0.2) is 0 Å². The molecule has 5 heteroatoms. The van der Waals surface area contributed by atoms with Gasteiger partial charge in [0, 0.05) is 19.1 Å². The average molecular weight is 244 g/mol. The van der Waals surface area contributed by atoms with Gasteiger partial charge in [-0.3, -0.25) is 4.79 Å². The molecule has 1 amide bonds. The van der Waals surface area contributed by atoms with Crippen molar-refractivity contribution in [3.63, 3.8) is 0 Å². The minimum atomic E-state index is 0.129. The molecule has 1 aliphatic heterocycles. The molecule has 0 bridgehead atoms. The number of amides is 1. The smallest absolute Gasteiger partial charge is 0.230 e. The number of nitrogens with zero attached hydrogens (tertiary/aromatic N) is 1. The van der Waals surface area contributed by atoms with E-state index in [4.69, 9.17) is 12.2 Å². The highest BCUT2D eigenvalue weighted by atomic mass is 32.2. The highest BCUT2D eigenvalue weighted by molar-refractivity contribution is 8.23. The van der Waals surface area contributed by atoms with Crippen molar-refractivity contribution in [2.45, 2.75) is 31.7 Å². The zero-order valence-electron chi connectivity index (χ0n) is 8.70. The molecule has 2 fully saturated rings. The van der Waals surface area contributed by atoms with Crippen LogP contribution in [0.5, 0.6) is 0 Å². The number of nitrogens with one attached hydrogen (secondary N) is 1. The zero-order chi connectivity index (χ0) is 10.7. The Bertz CT molecular complexity index is 260. The number of hydrogen-bond donors (Lipinski definition) is 1. The number of rotatable bonds is 3. The third-order valence-corrected chi connectivity index (χ3v) is 4.16. The van der Waals surface area contributed by atoms with E-state index in [-0.39, 0.29) is 5.91 Å². The van der Waals surface area contributed by atoms with E-state index < -0.39 is 0 Å². The largest absolute Gasteiger partial charge is 0.358 e. The van der Waals surface area contributed by atoms with Crippen molar-refractivity contribution < 1.29 is 4.79 Å². The van der Waals surface area contributed by atoms with Gasteiger partial charge in [-0.15, -0.1) is 0 Å². The van der Waals surface area contributed by atoms with E-state index in [1.165, 1.54) is 24.6 Å². The predicted octanol–water partition coefficient (Wildman–Crippen LogP) is 1.38. The molecule has 0 aromatic rings. The number of carbonyl (C=O) groups is 1. The highest BCUT2D eigenvalue weighted by Gasteiger charge is 2.23. The molecule has 0 atom stereocenters. The van der Waals surface area contributed by atoms with Crippen LogP contribution in [0.2, 0.25) is 0 Å². The Morgan fingerprint density at radius 1 is 1.40 bits per heavy atom. The van der Waals surface area contributed by atoms with Gasteiger partial charge in [-0.2, -0.15) is 0 Å². The maximum atomic E-state index is 11.4. The van der Waals surface area contributed by atoms with Crippen molar-refractivity contribution in [3.8, 4) is 0 Å². The second-order valence-electron chi connectivity index (χ2n) is 4.09. The summed E-state index contributed by atoms with van der Waals surface area (Å²) in [6.07, 6.45) is 4.75. The van der Waals surface area contributed by atoms with Gasteiger partial charge in [0.2, 0.25) is 5.91 Å². The van der Waals surface area contributed by atoms with Crippen LogP contribution in [-0.4, -0.2) is 40.0 Å². The lowest BCUT2D eigenvalue weighted by Crippen LogP contribution is -2.29. The predicted molar refractivity (Wildman–Crippen MR) is 67.0 cm³/mol. The van der Waals surface area contributed by atoms with Crippen molar-refractivity contribution in [3.05, 3.63) is 0 Å². The molecular weight excluding hydrogens is 228 g/mol. The van der Waals surface area contributed by atoms with Crippen LogP contribution < -0.4 is 5.32 Å². The number of carbonyl (C=O) groups excluding carboxylic acids is 1. The molecule has 3 nitrogen and oxygen atoms in total. The molecule has 1 aliphatic carbocycles. The minimum absolute atomic E-state index is 0.129. The molecule has 0 aromatic carbocycles. The fourth-order valence-electron chi connectivity index (χ4n) is 1.62. The van der Waals surface area contributed by atoms with E-state index in [9.17, 15) is 4.79 Å². The van der Waals surface area contributed by atoms with E-state index in [0.717, 1.165) is 30.3 Å². The van der Waals surface area contributed by atoms with Crippen LogP contribution >= 0.6 is 24.0 Å². The van der Waals surface area contributed by atoms with E-state index in [1.807, 2.05) is 0 Å². The van der Waals surface area contributed by atoms with Crippen molar-refractivity contribution in [1.29, 1.82) is 0 Å². The summed E-state index contributed by atoms with van der Waals surface area (Å²) in [5.74, 6) is 0.607. The van der Waals surface area contributed by atoms with Crippen LogP contribution in [0.15, 0.2) is 0 Å². The Hall–Kier alpha value is -0.290. The molecule has 1 heterocycles. The molecule has 0 unspecified atom stereocenters. The van der Waals surface area contributed by atoms with Gasteiger partial charge >= 0.3 is 0 Å². The van der Waals surface area contributed by atoms with Gasteiger partial charge in [0.1, 0.15) is 4.32 Å². The van der Waals surface area contributed by atoms with Crippen molar-refractivity contribution >= 4 is 34.2 Å². The lowest BCUT2D eigenvalue weighted by Gasteiger charge is -2.17. The third kappa shape index (κ3) is 3.65. The van der Waals surface area contributed by atoms with E-state index in [1.54, 1.807) is 0 Å². The summed E-state index contributed by atoms with van der Waals surface area (Å²) >= 11 is 6.77. The summed E-state index contributed by atoms with van der Waals surface area (Å²) in [5.41, 5.74) is 0. The Morgan fingerprint density at radius 3 is 2.67 bits per heavy atom. The molecular formula is C10H16N2OS2. The summed E-state index contributed by atoms with van der Waals surface area (Å²) in [5, 5.41) is 2.96. The Balaban J connectivity index is 1.62. The quantitative estimate of drug-likeness (QED) is 0.760. The second kappa shape index (κ2) is 5.16. The summed E-state index contributed by atoms with van der Waals surface area (Å²) in [6.45, 7) is 2.13. The fraction of sp³-hybridized carbons (Fsp3) is 0.800. The second-order valence-corrected chi connectivity index (χ2v) is 5.70. The standard InChI is InChI=1S/C10H16N2OS2/c13-9(11-8-3-4-8)7-15-10(14)12-5-1-2-6-12/h8H,1-7H2,(H,11,13). The number of thiocarbonyl (C=S) groups is 1. The Kier molecular flexibility index (Phi) is 3.86. The molecule has 2 aliphatic rings. The molecule has 84 valence electrons. The average Bonchev–Trinajstić information content (AvgIpc) is 2.86. The van der Waals surface area contributed by atoms with Crippen LogP contribution in [0.25, 0.3) is 0 Å². The topological polar surface area (TPSA) is 32.3 Å². The van der Waals surface area contributed by atoms with Crippen LogP contribution in [0, 0.1) is 0 Å². The van der Waals surface area contributed by atoms with E-state index >= 15 is 0 Å². The van der Waals surface area contributed by atoms with Gasteiger partial charge in [-0.1, -0.05) is 24.0 Å². The minimum Gasteiger partial charge on any atom is -0.358 e. The maximum Gasteiger partial charge on any atom is 0.230 e. The zero-order valence-corrected chi connectivity index (χ0v) is 10.3. The van der Waals surface area contributed by atoms with E-state index in [0.29, 0.717) is 11.8 Å². The fourth-order valence-corrected chi connectivity index (χ4v) is 2.68. The first-order valence-corrected chi connectivity index (χ1v) is 6.86. The molecule has 15 heavy (non-hydrogen) atoms. The van der Waals surface area contributed by atoms with Crippen LogP contribution in [0.3, 0.4) is 0 Å². The Morgan fingerprint density at radius 2 is 2.07 bits per heavy atom. The molecule has 0 aromatic heterocycles. The van der Waals surface area contributed by atoms with Gasteiger partial charge in [0.05, 0.1) is 5.75 Å². The van der Waals surface area contributed by atoms with Crippen molar-refractivity contribution in [2.75, 3.05) is 18.8 Å². The lowest BCUT2D eigenvalue weighted by molar-refractivity contribution is -0.118. The molecule has 0 radical (unpaired) electrons. The number of likely N-dealkylation sites (tertiary alicyclic amines) is 1. The van der Waals surface area contributed by atoms with Gasteiger partial charge < -0.3 is 10.2 Å². The summed E-state index contributed by atoms with van der Waals surface area (Å²) in [4.78, 5) is 13.6. The molecule has 2 rings (SSSR count). The lowest BCUT2D eigenvalue weighted by atomic mass is 10.4. The van der Waals surface area contributed by atoms with Crippen LogP contribution in [-0.2, 0) is 4.79 Å². The number of hydrogen-bond acceptors (Lipinski definition) is 3. The van der Waals surface area contributed by atoms with Gasteiger partial charge in [-0.05, 0) is 25.7 Å². The Labute approximate surface area is 100.0 Å². The maximum absolute atomic E-state index is 11.4. The summed E-state index contributed by atoms with van der Waals surface area (Å²) < 4.78 is 0.887. The first-order chi connectivity index (χ1) is 7.25. The highest BCUT2D eigenvalue weighted by Crippen LogP contribution is 2.19. The van der Waals surface area contributed by atoms with E-state index in [2.05, 4.69) is 10.2 Å². The van der Waals surface area contributed by atoms with Crippen LogP contribution in [0.1, 0.15) is 25.7 Å². The molecule has 1 saturated carbocycles. The monoisotopic (exact) mass is 244 g/mol. The SMILES string of the molecule is O=C(CSC(=S)N1CCCC1)NC1CC1. The third-order valence-electron chi connectivity index (χ3n) is 2.63. The van der Waals surface area contributed by atoms with Crippen molar-refractivity contribution in [2.24, 2.45) is 0 Å². The van der Waals surface area contributed by atoms with Crippen LogP contribution in [0.4, 0.5) is 0 Å². The molecule has 1 N–H and O–H groups in total. The van der Waals surface area contributed by atoms with Crippen molar-refractivity contribution in [1.82, 2.24) is 10.2 Å². The molecule has 1 saturated heterocycles. The first kappa shape index (κ1) is 11.2. The number of thioether (sulfide) groups is 1. The molecule has 0 spiro atoms. The normalized spacial score (nSPS) is 20.4.